The van der Waals surface area contributed by atoms with E-state index in [9.17, 15) is 9.50 Å². The van der Waals surface area contributed by atoms with Crippen molar-refractivity contribution < 1.29 is 19.1 Å². The maximum absolute atomic E-state index is 13.8. The average molecular weight is 535 g/mol. The minimum atomic E-state index is -0.877. The second kappa shape index (κ2) is 9.47. The van der Waals surface area contributed by atoms with Crippen LogP contribution in [0.15, 0.2) is 65.7 Å². The molecule has 0 bridgehead atoms. The van der Waals surface area contributed by atoms with E-state index in [1.54, 1.807) is 32.5 Å². The first-order valence-corrected chi connectivity index (χ1v) is 13.9. The highest BCUT2D eigenvalue weighted by Crippen LogP contribution is 2.51. The molecule has 1 N–H and O–H groups in total. The van der Waals surface area contributed by atoms with Crippen molar-refractivity contribution >= 4 is 23.7 Å². The minimum Gasteiger partial charge on any atom is -0.495 e. The van der Waals surface area contributed by atoms with Gasteiger partial charge in [0.2, 0.25) is 0 Å². The molecule has 2 unspecified atom stereocenters. The van der Waals surface area contributed by atoms with Crippen molar-refractivity contribution in [2.75, 3.05) is 31.8 Å². The van der Waals surface area contributed by atoms with Crippen LogP contribution in [0.1, 0.15) is 30.2 Å². The number of methoxy groups -OCH3 is 1. The maximum atomic E-state index is 13.8. The summed E-state index contributed by atoms with van der Waals surface area (Å²) >= 11 is 1.94. The van der Waals surface area contributed by atoms with Gasteiger partial charge in [-0.1, -0.05) is 23.4 Å². The summed E-state index contributed by atoms with van der Waals surface area (Å²) in [4.78, 5) is 12.4. The number of piperidine rings is 1. The predicted molar refractivity (Wildman–Crippen MR) is 147 cm³/mol. The molecule has 3 aliphatic heterocycles. The largest absolute Gasteiger partial charge is 0.495 e. The number of imidazole rings is 1. The average Bonchev–Trinajstić information content (AvgIpc) is 3.33. The fourth-order valence-electron chi connectivity index (χ4n) is 5.85. The van der Waals surface area contributed by atoms with Gasteiger partial charge in [-0.05, 0) is 67.3 Å². The summed E-state index contributed by atoms with van der Waals surface area (Å²) in [5.41, 5.74) is 3.89. The quantitative estimate of drug-likeness (QED) is 0.509. The number of hydrogen-bond acceptors (Lipinski definition) is 7. The van der Waals surface area contributed by atoms with Gasteiger partial charge in [0.05, 0.1) is 30.9 Å². The van der Waals surface area contributed by atoms with Crippen molar-refractivity contribution in [3.8, 4) is 11.4 Å². The van der Waals surface area contributed by atoms with Crippen molar-refractivity contribution in [2.24, 2.45) is 10.6 Å². The zero-order chi connectivity index (χ0) is 26.5. The predicted octanol–water partition coefficient (Wildman–Crippen LogP) is 4.77. The Labute approximate surface area is 226 Å². The third-order valence-corrected chi connectivity index (χ3v) is 9.54. The van der Waals surface area contributed by atoms with Gasteiger partial charge in [-0.25, -0.2) is 9.37 Å². The fourth-order valence-corrected chi connectivity index (χ4v) is 7.01. The highest BCUT2D eigenvalue weighted by Gasteiger charge is 2.55. The Bertz CT molecular complexity index is 1410. The molecule has 4 heterocycles. The minimum absolute atomic E-state index is 0.0748. The van der Waals surface area contributed by atoms with Gasteiger partial charge in [-0.15, -0.1) is 0 Å². The molecule has 38 heavy (non-hydrogen) atoms. The zero-order valence-electron chi connectivity index (χ0n) is 21.7. The molecule has 3 aromatic rings. The summed E-state index contributed by atoms with van der Waals surface area (Å²) < 4.78 is 21.5. The first-order valence-electron chi connectivity index (χ1n) is 12.7. The van der Waals surface area contributed by atoms with Crippen LogP contribution in [0.2, 0.25) is 0 Å². The van der Waals surface area contributed by atoms with Crippen LogP contribution in [0, 0.1) is 18.2 Å². The lowest BCUT2D eigenvalue weighted by Crippen LogP contribution is -2.66. The van der Waals surface area contributed by atoms with Crippen LogP contribution in [0.4, 0.5) is 4.39 Å². The first-order chi connectivity index (χ1) is 18.3. The number of benzene rings is 2. The van der Waals surface area contributed by atoms with E-state index >= 15 is 0 Å². The fraction of sp³-hybridized carbons (Fsp3) is 0.379. The number of aliphatic hydroxyl groups excluding tert-OH is 1. The SMILES string of the molecule is COc1cc(/C=C2\CC3(CSC3)CN3C2=NOCC3(c2ccc(F)cc2)C(C)O)ccc1-n1cnc(C)c1. The topological polar surface area (TPSA) is 72.1 Å². The summed E-state index contributed by atoms with van der Waals surface area (Å²) in [6.07, 6.45) is 5.98. The number of hydrogen-bond donors (Lipinski definition) is 1. The number of aryl methyl sites for hydroxylation is 1. The molecular weight excluding hydrogens is 503 g/mol. The summed E-state index contributed by atoms with van der Waals surface area (Å²) in [5, 5.41) is 15.7. The van der Waals surface area contributed by atoms with E-state index in [-0.39, 0.29) is 17.8 Å². The number of amidine groups is 1. The number of halogens is 1. The van der Waals surface area contributed by atoms with Gasteiger partial charge in [0.1, 0.15) is 23.7 Å². The lowest BCUT2D eigenvalue weighted by atomic mass is 9.74. The van der Waals surface area contributed by atoms with Gasteiger partial charge in [0.15, 0.2) is 5.84 Å². The second-order valence-corrected chi connectivity index (χ2v) is 11.6. The number of oxime groups is 1. The number of thioether (sulfide) groups is 1. The van der Waals surface area contributed by atoms with Crippen molar-refractivity contribution in [2.45, 2.75) is 31.9 Å². The highest BCUT2D eigenvalue weighted by molar-refractivity contribution is 8.00. The van der Waals surface area contributed by atoms with Gasteiger partial charge in [-0.3, -0.25) is 0 Å². The van der Waals surface area contributed by atoms with Crippen molar-refractivity contribution in [1.82, 2.24) is 14.5 Å². The Morgan fingerprint density at radius 3 is 2.63 bits per heavy atom. The van der Waals surface area contributed by atoms with Crippen LogP contribution < -0.4 is 4.74 Å². The highest BCUT2D eigenvalue weighted by atomic mass is 32.2. The van der Waals surface area contributed by atoms with Crippen LogP contribution >= 0.6 is 11.8 Å². The second-order valence-electron chi connectivity index (χ2n) is 10.6. The smallest absolute Gasteiger partial charge is 0.172 e. The number of aromatic nitrogens is 2. The van der Waals surface area contributed by atoms with Crippen LogP contribution in [-0.4, -0.2) is 63.3 Å². The molecule has 2 saturated heterocycles. The Morgan fingerprint density at radius 2 is 2.00 bits per heavy atom. The van der Waals surface area contributed by atoms with E-state index in [4.69, 9.17) is 9.57 Å². The molecule has 0 amide bonds. The maximum Gasteiger partial charge on any atom is 0.172 e. The molecule has 0 radical (unpaired) electrons. The summed E-state index contributed by atoms with van der Waals surface area (Å²) in [6.45, 7) is 4.67. The van der Waals surface area contributed by atoms with E-state index in [0.717, 1.165) is 64.1 Å². The van der Waals surface area contributed by atoms with E-state index in [0.29, 0.717) is 0 Å². The number of ether oxygens (including phenoxy) is 1. The standard InChI is InChI=1S/C29H31FN4O3S/c1-19-13-33(18-31-19)25-9-4-21(11-26(25)36-3)10-22-12-28(16-38-17-28)14-34-27(22)32-37-15-29(34,20(2)35)23-5-7-24(30)8-6-23/h4-11,13,18,20,35H,12,14-17H2,1-3H3/b22-10+. The lowest BCUT2D eigenvalue weighted by molar-refractivity contribution is -0.0845. The Kier molecular flexibility index (Phi) is 6.23. The van der Waals surface area contributed by atoms with Crippen LogP contribution in [0.3, 0.4) is 0 Å². The number of rotatable bonds is 5. The molecular formula is C29H31FN4O3S. The zero-order valence-corrected chi connectivity index (χ0v) is 22.5. The summed E-state index contributed by atoms with van der Waals surface area (Å²) in [5.74, 6) is 3.23. The normalized spacial score (nSPS) is 23.9. The molecule has 0 saturated carbocycles. The van der Waals surface area contributed by atoms with Crippen LogP contribution in [0.5, 0.6) is 5.75 Å². The van der Waals surface area contributed by atoms with E-state index in [2.05, 4.69) is 27.2 Å². The summed E-state index contributed by atoms with van der Waals surface area (Å²) in [7, 11) is 1.67. The number of aliphatic hydroxyl groups is 1. The van der Waals surface area contributed by atoms with Gasteiger partial charge in [0.25, 0.3) is 0 Å². The molecule has 7 nitrogen and oxygen atoms in total. The van der Waals surface area contributed by atoms with Gasteiger partial charge < -0.3 is 24.1 Å². The molecule has 0 aliphatic carbocycles. The van der Waals surface area contributed by atoms with Crippen LogP contribution in [0.25, 0.3) is 11.8 Å². The van der Waals surface area contributed by atoms with Gasteiger partial charge >= 0.3 is 0 Å². The Balaban J connectivity index is 1.43. The van der Waals surface area contributed by atoms with Crippen molar-refractivity contribution in [3.63, 3.8) is 0 Å². The molecule has 6 rings (SSSR count). The third-order valence-electron chi connectivity index (χ3n) is 7.91. The monoisotopic (exact) mass is 534 g/mol. The lowest BCUT2D eigenvalue weighted by Gasteiger charge is -2.57. The molecule has 1 aromatic heterocycles. The molecule has 3 aliphatic rings. The third kappa shape index (κ3) is 4.08. The Hall–Kier alpha value is -3.30. The van der Waals surface area contributed by atoms with Gasteiger partial charge in [-0.2, -0.15) is 11.8 Å². The molecule has 2 aromatic carbocycles. The number of fused-ring (bicyclic) bond motifs is 1. The van der Waals surface area contributed by atoms with Crippen molar-refractivity contribution in [3.05, 3.63) is 83.2 Å². The summed E-state index contributed by atoms with van der Waals surface area (Å²) in [6, 6.07) is 12.5. The van der Waals surface area contributed by atoms with E-state index < -0.39 is 11.6 Å². The molecule has 1 spiro atoms. The first kappa shape index (κ1) is 25.0. The molecule has 2 fully saturated rings. The van der Waals surface area contributed by atoms with Gasteiger partial charge in [0, 0.05) is 29.7 Å². The molecule has 9 heteroatoms. The number of nitrogens with zero attached hydrogens (tertiary/aromatic N) is 4. The van der Waals surface area contributed by atoms with Crippen LogP contribution in [-0.2, 0) is 10.4 Å². The van der Waals surface area contributed by atoms with E-state index in [1.807, 2.05) is 41.6 Å². The molecule has 198 valence electrons. The van der Waals surface area contributed by atoms with Crippen molar-refractivity contribution in [1.29, 1.82) is 0 Å². The molecule has 2 atom stereocenters. The van der Waals surface area contributed by atoms with E-state index in [1.165, 1.54) is 12.1 Å². The Morgan fingerprint density at radius 1 is 1.21 bits per heavy atom.